The molecule has 1 aromatic rings. The monoisotopic (exact) mass is 273 g/mol. The number of nitrogens with two attached hydrogens (primary N) is 1. The Morgan fingerprint density at radius 3 is 2.24 bits per heavy atom. The van der Waals surface area contributed by atoms with Crippen molar-refractivity contribution in [2.45, 2.75) is 35.8 Å². The number of hydrogen-bond donors (Lipinski definition) is 1. The summed E-state index contributed by atoms with van der Waals surface area (Å²) in [5, 5.41) is 0.446. The number of anilines is 1. The molecule has 0 amide bonds. The van der Waals surface area contributed by atoms with E-state index in [-0.39, 0.29) is 4.90 Å². The Labute approximate surface area is 108 Å². The van der Waals surface area contributed by atoms with Gasteiger partial charge in [0.15, 0.2) is 9.84 Å². The van der Waals surface area contributed by atoms with Crippen molar-refractivity contribution >= 4 is 27.3 Å². The minimum atomic E-state index is -3.18. The molecule has 5 heteroatoms. The molecule has 1 atom stereocenters. The van der Waals surface area contributed by atoms with Crippen LogP contribution < -0.4 is 5.73 Å². The quantitative estimate of drug-likeness (QED) is 0.677. The maximum absolute atomic E-state index is 11.4. The lowest BCUT2D eigenvalue weighted by Crippen LogP contribution is -2.06. The third kappa shape index (κ3) is 3.92. The number of rotatable bonds is 4. The van der Waals surface area contributed by atoms with Crippen LogP contribution in [0.15, 0.2) is 28.0 Å². The van der Waals surface area contributed by atoms with Crippen LogP contribution >= 0.6 is 11.8 Å². The van der Waals surface area contributed by atoms with Gasteiger partial charge in [0.2, 0.25) is 0 Å². The standard InChI is InChI=1S/C12H19NO2S2/c1-8(2)9(3)16-12-6-5-10(7-11(12)13)17(4,14)15/h5-9H,13H2,1-4H3. The number of nitrogen functional groups attached to an aromatic ring is 1. The minimum Gasteiger partial charge on any atom is -0.398 e. The van der Waals surface area contributed by atoms with E-state index in [0.717, 1.165) is 4.90 Å². The molecule has 0 saturated carbocycles. The van der Waals surface area contributed by atoms with Crippen LogP contribution in [0.3, 0.4) is 0 Å². The molecule has 0 bridgehead atoms. The predicted octanol–water partition coefficient (Wildman–Crippen LogP) is 2.81. The van der Waals surface area contributed by atoms with Crippen molar-refractivity contribution in [3.05, 3.63) is 18.2 Å². The SMILES string of the molecule is CC(C)C(C)Sc1ccc(S(C)(=O)=O)cc1N. The Hall–Kier alpha value is -0.680. The first-order chi connectivity index (χ1) is 7.71. The minimum absolute atomic E-state index is 0.275. The van der Waals surface area contributed by atoms with Crippen LogP contribution in [0.1, 0.15) is 20.8 Å². The zero-order valence-electron chi connectivity index (χ0n) is 10.6. The van der Waals surface area contributed by atoms with Gasteiger partial charge in [0, 0.05) is 22.1 Å². The molecule has 0 radical (unpaired) electrons. The predicted molar refractivity (Wildman–Crippen MR) is 74.1 cm³/mol. The summed E-state index contributed by atoms with van der Waals surface area (Å²) in [4.78, 5) is 1.22. The summed E-state index contributed by atoms with van der Waals surface area (Å²) in [5.41, 5.74) is 6.41. The summed E-state index contributed by atoms with van der Waals surface area (Å²) >= 11 is 1.68. The lowest BCUT2D eigenvalue weighted by molar-refractivity contribution is 0.602. The maximum Gasteiger partial charge on any atom is 0.175 e. The molecule has 96 valence electrons. The molecule has 0 aromatic heterocycles. The smallest absolute Gasteiger partial charge is 0.175 e. The highest BCUT2D eigenvalue weighted by Gasteiger charge is 2.13. The first-order valence-corrected chi connectivity index (χ1v) is 8.25. The highest BCUT2D eigenvalue weighted by Crippen LogP contribution is 2.33. The molecule has 0 aliphatic rings. The Morgan fingerprint density at radius 2 is 1.82 bits per heavy atom. The average Bonchev–Trinajstić information content (AvgIpc) is 2.19. The molecule has 1 rings (SSSR count). The van der Waals surface area contributed by atoms with E-state index in [1.54, 1.807) is 23.9 Å². The van der Waals surface area contributed by atoms with Crippen LogP contribution in [-0.4, -0.2) is 19.9 Å². The highest BCUT2D eigenvalue weighted by atomic mass is 32.2. The van der Waals surface area contributed by atoms with Crippen molar-refractivity contribution in [2.75, 3.05) is 12.0 Å². The lowest BCUT2D eigenvalue weighted by atomic mass is 10.2. The van der Waals surface area contributed by atoms with Crippen LogP contribution in [0.25, 0.3) is 0 Å². The number of hydrogen-bond acceptors (Lipinski definition) is 4. The van der Waals surface area contributed by atoms with Crippen LogP contribution in [-0.2, 0) is 9.84 Å². The Morgan fingerprint density at radius 1 is 1.24 bits per heavy atom. The Kier molecular flexibility index (Phi) is 4.49. The van der Waals surface area contributed by atoms with Gasteiger partial charge in [-0.05, 0) is 24.1 Å². The molecule has 3 nitrogen and oxygen atoms in total. The molecule has 1 unspecified atom stereocenters. The number of thioether (sulfide) groups is 1. The van der Waals surface area contributed by atoms with Gasteiger partial charge in [0.05, 0.1) is 4.90 Å². The first kappa shape index (κ1) is 14.4. The average molecular weight is 273 g/mol. The summed E-state index contributed by atoms with van der Waals surface area (Å²) in [6.07, 6.45) is 1.19. The van der Waals surface area contributed by atoms with Crippen molar-refractivity contribution in [2.24, 2.45) is 5.92 Å². The molecule has 0 saturated heterocycles. The lowest BCUT2D eigenvalue weighted by Gasteiger charge is -2.16. The van der Waals surface area contributed by atoms with E-state index in [4.69, 9.17) is 5.73 Å². The van der Waals surface area contributed by atoms with Crippen molar-refractivity contribution in [3.8, 4) is 0 Å². The zero-order chi connectivity index (χ0) is 13.2. The van der Waals surface area contributed by atoms with E-state index in [2.05, 4.69) is 20.8 Å². The summed E-state index contributed by atoms with van der Waals surface area (Å²) in [7, 11) is -3.18. The van der Waals surface area contributed by atoms with Gasteiger partial charge in [-0.3, -0.25) is 0 Å². The van der Waals surface area contributed by atoms with E-state index < -0.39 is 9.84 Å². The van der Waals surface area contributed by atoms with Gasteiger partial charge < -0.3 is 5.73 Å². The second kappa shape index (κ2) is 5.31. The summed E-state index contributed by atoms with van der Waals surface area (Å²) in [6.45, 7) is 6.44. The van der Waals surface area contributed by atoms with Gasteiger partial charge in [-0.1, -0.05) is 20.8 Å². The molecular weight excluding hydrogens is 254 g/mol. The molecule has 0 aliphatic carbocycles. The summed E-state index contributed by atoms with van der Waals surface area (Å²) in [6, 6.07) is 4.93. The van der Waals surface area contributed by atoms with E-state index in [1.165, 1.54) is 12.3 Å². The van der Waals surface area contributed by atoms with E-state index in [0.29, 0.717) is 16.9 Å². The summed E-state index contributed by atoms with van der Waals surface area (Å²) in [5.74, 6) is 0.550. The van der Waals surface area contributed by atoms with Gasteiger partial charge in [0.1, 0.15) is 0 Å². The molecule has 0 fully saturated rings. The normalized spacial score (nSPS) is 13.9. The van der Waals surface area contributed by atoms with Crippen molar-refractivity contribution in [1.82, 2.24) is 0 Å². The molecule has 1 aromatic carbocycles. The zero-order valence-corrected chi connectivity index (χ0v) is 12.2. The summed E-state index contributed by atoms with van der Waals surface area (Å²) < 4.78 is 22.7. The second-order valence-corrected chi connectivity index (χ2v) is 7.97. The molecule has 0 aliphatic heterocycles. The number of sulfone groups is 1. The van der Waals surface area contributed by atoms with Crippen LogP contribution in [0, 0.1) is 5.92 Å². The fourth-order valence-electron chi connectivity index (χ4n) is 1.20. The fraction of sp³-hybridized carbons (Fsp3) is 0.500. The Balaban J connectivity index is 2.99. The van der Waals surface area contributed by atoms with Gasteiger partial charge in [-0.25, -0.2) is 8.42 Å². The van der Waals surface area contributed by atoms with Crippen LogP contribution in [0.4, 0.5) is 5.69 Å². The molecule has 2 N–H and O–H groups in total. The van der Waals surface area contributed by atoms with E-state index in [1.807, 2.05) is 0 Å². The fourth-order valence-corrected chi connectivity index (χ4v) is 2.87. The van der Waals surface area contributed by atoms with Crippen molar-refractivity contribution in [3.63, 3.8) is 0 Å². The van der Waals surface area contributed by atoms with Crippen molar-refractivity contribution in [1.29, 1.82) is 0 Å². The van der Waals surface area contributed by atoms with Crippen molar-refractivity contribution < 1.29 is 8.42 Å². The topological polar surface area (TPSA) is 60.2 Å². The first-order valence-electron chi connectivity index (χ1n) is 5.48. The molecule has 0 heterocycles. The van der Waals surface area contributed by atoms with Crippen LogP contribution in [0.2, 0.25) is 0 Å². The third-order valence-electron chi connectivity index (χ3n) is 2.66. The van der Waals surface area contributed by atoms with Gasteiger partial charge in [-0.2, -0.15) is 0 Å². The molecular formula is C12H19NO2S2. The largest absolute Gasteiger partial charge is 0.398 e. The van der Waals surface area contributed by atoms with Gasteiger partial charge in [-0.15, -0.1) is 11.8 Å². The van der Waals surface area contributed by atoms with E-state index in [9.17, 15) is 8.42 Å². The molecule has 17 heavy (non-hydrogen) atoms. The van der Waals surface area contributed by atoms with Crippen LogP contribution in [0.5, 0.6) is 0 Å². The third-order valence-corrected chi connectivity index (χ3v) is 5.31. The maximum atomic E-state index is 11.4. The van der Waals surface area contributed by atoms with Gasteiger partial charge in [0.25, 0.3) is 0 Å². The highest BCUT2D eigenvalue weighted by molar-refractivity contribution is 8.00. The van der Waals surface area contributed by atoms with E-state index >= 15 is 0 Å². The second-order valence-electron chi connectivity index (χ2n) is 4.54. The molecule has 0 spiro atoms. The number of benzene rings is 1. The Bertz CT molecular complexity index is 495. The van der Waals surface area contributed by atoms with Gasteiger partial charge >= 0.3 is 0 Å².